The molecule has 2 heterocycles. The van der Waals surface area contributed by atoms with Crippen LogP contribution < -0.4 is 4.90 Å². The standard InChI is InChI=1S/C19H17N5O3S/c1-12-5-7-13(8-6-12)17-20-19(22-21-17)28-16-9-10-23(18(16)25)14-3-2-4-15(11-14)24(26)27/h2-8,11,16H,9-10H2,1H3,(H,20,21,22). The van der Waals surface area contributed by atoms with E-state index < -0.39 is 4.92 Å². The van der Waals surface area contributed by atoms with Gasteiger partial charge in [0.2, 0.25) is 11.1 Å². The molecule has 1 saturated heterocycles. The number of hydrogen-bond acceptors (Lipinski definition) is 6. The molecule has 1 N–H and O–H groups in total. The number of nitrogens with zero attached hydrogens (tertiary/aromatic N) is 4. The predicted octanol–water partition coefficient (Wildman–Crippen LogP) is 3.59. The lowest BCUT2D eigenvalue weighted by Crippen LogP contribution is -2.28. The number of aromatic amines is 1. The van der Waals surface area contributed by atoms with Crippen LogP contribution in [0.4, 0.5) is 11.4 Å². The third kappa shape index (κ3) is 3.61. The maximum Gasteiger partial charge on any atom is 0.271 e. The van der Waals surface area contributed by atoms with Gasteiger partial charge in [0.25, 0.3) is 5.69 Å². The number of benzene rings is 2. The van der Waals surface area contributed by atoms with Crippen LogP contribution in [-0.2, 0) is 4.79 Å². The molecule has 0 saturated carbocycles. The fourth-order valence-corrected chi connectivity index (χ4v) is 4.01. The van der Waals surface area contributed by atoms with Gasteiger partial charge in [0.15, 0.2) is 5.82 Å². The quantitative estimate of drug-likeness (QED) is 0.523. The molecule has 1 unspecified atom stereocenters. The Labute approximate surface area is 165 Å². The zero-order chi connectivity index (χ0) is 19.7. The van der Waals surface area contributed by atoms with Crippen molar-refractivity contribution in [2.75, 3.05) is 11.4 Å². The number of nitro groups is 1. The molecular formula is C19H17N5O3S. The molecule has 0 spiro atoms. The molecule has 0 aliphatic carbocycles. The number of aryl methyl sites for hydroxylation is 1. The topological polar surface area (TPSA) is 105 Å². The van der Waals surface area contributed by atoms with Gasteiger partial charge in [-0.2, -0.15) is 0 Å². The Morgan fingerprint density at radius 1 is 1.25 bits per heavy atom. The Bertz CT molecular complexity index is 1030. The van der Waals surface area contributed by atoms with Gasteiger partial charge in [-0.05, 0) is 19.4 Å². The highest BCUT2D eigenvalue weighted by Gasteiger charge is 2.34. The molecule has 1 fully saturated rings. The number of rotatable bonds is 5. The Balaban J connectivity index is 1.47. The van der Waals surface area contributed by atoms with Crippen LogP contribution in [0.3, 0.4) is 0 Å². The minimum absolute atomic E-state index is 0.0295. The summed E-state index contributed by atoms with van der Waals surface area (Å²) in [6.07, 6.45) is 0.626. The second-order valence-electron chi connectivity index (χ2n) is 6.49. The maximum absolute atomic E-state index is 12.8. The predicted molar refractivity (Wildman–Crippen MR) is 106 cm³/mol. The van der Waals surface area contributed by atoms with Gasteiger partial charge in [-0.3, -0.25) is 20.0 Å². The van der Waals surface area contributed by atoms with Crippen molar-refractivity contribution in [3.63, 3.8) is 0 Å². The third-order valence-electron chi connectivity index (χ3n) is 4.55. The molecule has 8 nitrogen and oxygen atoms in total. The zero-order valence-electron chi connectivity index (χ0n) is 15.0. The normalized spacial score (nSPS) is 16.5. The van der Waals surface area contributed by atoms with Crippen LogP contribution in [0.15, 0.2) is 53.7 Å². The average Bonchev–Trinajstić information content (AvgIpc) is 3.30. The van der Waals surface area contributed by atoms with Gasteiger partial charge in [-0.1, -0.05) is 47.7 Å². The van der Waals surface area contributed by atoms with Gasteiger partial charge in [-0.15, -0.1) is 5.10 Å². The number of carbonyl (C=O) groups is 1. The average molecular weight is 395 g/mol. The van der Waals surface area contributed by atoms with Crippen LogP contribution >= 0.6 is 11.8 Å². The molecular weight excluding hydrogens is 378 g/mol. The number of nitrogens with one attached hydrogen (secondary N) is 1. The fourth-order valence-electron chi connectivity index (χ4n) is 3.06. The summed E-state index contributed by atoms with van der Waals surface area (Å²) in [4.78, 5) is 29.3. The second-order valence-corrected chi connectivity index (χ2v) is 7.66. The van der Waals surface area contributed by atoms with Crippen molar-refractivity contribution in [1.82, 2.24) is 15.2 Å². The fraction of sp³-hybridized carbons (Fsp3) is 0.211. The van der Waals surface area contributed by atoms with E-state index in [9.17, 15) is 14.9 Å². The van der Waals surface area contributed by atoms with E-state index in [0.29, 0.717) is 29.6 Å². The Morgan fingerprint density at radius 3 is 2.79 bits per heavy atom. The SMILES string of the molecule is Cc1ccc(-c2nc(SC3CCN(c4cccc([N+](=O)[O-])c4)C3=O)n[nH]2)cc1. The minimum atomic E-state index is -0.462. The first-order valence-corrected chi connectivity index (χ1v) is 9.61. The summed E-state index contributed by atoms with van der Waals surface area (Å²) in [5.74, 6) is 0.565. The molecule has 3 aromatic rings. The molecule has 1 atom stereocenters. The van der Waals surface area contributed by atoms with Gasteiger partial charge in [-0.25, -0.2) is 4.98 Å². The van der Waals surface area contributed by atoms with Crippen LogP contribution in [-0.4, -0.2) is 37.8 Å². The van der Waals surface area contributed by atoms with E-state index in [-0.39, 0.29) is 16.8 Å². The lowest BCUT2D eigenvalue weighted by molar-refractivity contribution is -0.384. The number of thioether (sulfide) groups is 1. The van der Waals surface area contributed by atoms with Gasteiger partial charge in [0.05, 0.1) is 15.9 Å². The van der Waals surface area contributed by atoms with Crippen LogP contribution in [0.5, 0.6) is 0 Å². The van der Waals surface area contributed by atoms with Gasteiger partial charge < -0.3 is 4.90 Å². The number of aromatic nitrogens is 3. The largest absolute Gasteiger partial charge is 0.311 e. The second kappa shape index (κ2) is 7.43. The first kappa shape index (κ1) is 18.2. The van der Waals surface area contributed by atoms with E-state index in [1.807, 2.05) is 31.2 Å². The van der Waals surface area contributed by atoms with Crippen molar-refractivity contribution in [3.05, 3.63) is 64.2 Å². The number of nitro benzene ring substituents is 1. The maximum atomic E-state index is 12.8. The molecule has 1 aliphatic heterocycles. The van der Waals surface area contributed by atoms with Gasteiger partial charge in [0.1, 0.15) is 0 Å². The molecule has 1 amide bonds. The van der Waals surface area contributed by atoms with Crippen molar-refractivity contribution in [2.24, 2.45) is 0 Å². The number of H-pyrrole nitrogens is 1. The number of amides is 1. The molecule has 1 aromatic heterocycles. The number of non-ortho nitro benzene ring substituents is 1. The summed E-state index contributed by atoms with van der Waals surface area (Å²) in [5, 5.41) is 18.3. The lowest BCUT2D eigenvalue weighted by atomic mass is 10.1. The molecule has 0 radical (unpaired) electrons. The van der Waals surface area contributed by atoms with E-state index in [2.05, 4.69) is 15.2 Å². The van der Waals surface area contributed by atoms with Crippen molar-refractivity contribution < 1.29 is 9.72 Å². The Morgan fingerprint density at radius 2 is 2.04 bits per heavy atom. The zero-order valence-corrected chi connectivity index (χ0v) is 15.8. The highest BCUT2D eigenvalue weighted by atomic mass is 32.2. The van der Waals surface area contributed by atoms with E-state index >= 15 is 0 Å². The lowest BCUT2D eigenvalue weighted by Gasteiger charge is -2.16. The molecule has 28 heavy (non-hydrogen) atoms. The van der Waals surface area contributed by atoms with Crippen molar-refractivity contribution >= 4 is 29.0 Å². The smallest absolute Gasteiger partial charge is 0.271 e. The first-order chi connectivity index (χ1) is 13.5. The van der Waals surface area contributed by atoms with Crippen LogP contribution in [0.2, 0.25) is 0 Å². The van der Waals surface area contributed by atoms with Crippen LogP contribution in [0, 0.1) is 17.0 Å². The summed E-state index contributed by atoms with van der Waals surface area (Å²) in [5.41, 5.74) is 2.60. The van der Waals surface area contributed by atoms with E-state index in [0.717, 1.165) is 11.1 Å². The van der Waals surface area contributed by atoms with E-state index in [1.165, 1.54) is 23.9 Å². The number of hydrogen-bond donors (Lipinski definition) is 1. The van der Waals surface area contributed by atoms with Crippen molar-refractivity contribution in [1.29, 1.82) is 0 Å². The molecule has 4 rings (SSSR count). The highest BCUT2D eigenvalue weighted by molar-refractivity contribution is 8.00. The van der Waals surface area contributed by atoms with Crippen LogP contribution in [0.25, 0.3) is 11.4 Å². The van der Waals surface area contributed by atoms with E-state index in [4.69, 9.17) is 0 Å². The summed E-state index contributed by atoms with van der Waals surface area (Å²) in [7, 11) is 0. The monoisotopic (exact) mass is 395 g/mol. The summed E-state index contributed by atoms with van der Waals surface area (Å²) >= 11 is 1.31. The van der Waals surface area contributed by atoms with E-state index in [1.54, 1.807) is 17.0 Å². The van der Waals surface area contributed by atoms with Crippen molar-refractivity contribution in [3.8, 4) is 11.4 Å². The number of carbonyl (C=O) groups excluding carboxylic acids is 1. The summed E-state index contributed by atoms with van der Waals surface area (Å²) in [6.45, 7) is 2.52. The molecule has 2 aromatic carbocycles. The van der Waals surface area contributed by atoms with Gasteiger partial charge in [0, 0.05) is 24.2 Å². The summed E-state index contributed by atoms with van der Waals surface area (Å²) < 4.78 is 0. The number of anilines is 1. The summed E-state index contributed by atoms with van der Waals surface area (Å²) in [6, 6.07) is 14.1. The Kier molecular flexibility index (Phi) is 4.82. The molecule has 9 heteroatoms. The molecule has 1 aliphatic rings. The molecule has 0 bridgehead atoms. The van der Waals surface area contributed by atoms with Crippen LogP contribution in [0.1, 0.15) is 12.0 Å². The van der Waals surface area contributed by atoms with Gasteiger partial charge >= 0.3 is 0 Å². The third-order valence-corrected chi connectivity index (χ3v) is 5.66. The first-order valence-electron chi connectivity index (χ1n) is 8.73. The molecule has 142 valence electrons. The highest BCUT2D eigenvalue weighted by Crippen LogP contribution is 2.33. The van der Waals surface area contributed by atoms with Crippen molar-refractivity contribution in [2.45, 2.75) is 23.8 Å². The Hall–Kier alpha value is -3.20. The minimum Gasteiger partial charge on any atom is -0.311 e.